The third kappa shape index (κ3) is 2.41. The van der Waals surface area contributed by atoms with Crippen LogP contribution in [0, 0.1) is 11.6 Å². The van der Waals surface area contributed by atoms with Gasteiger partial charge in [-0.3, -0.25) is 0 Å². The predicted octanol–water partition coefficient (Wildman–Crippen LogP) is 2.68. The molecule has 1 rings (SSSR count). The summed E-state index contributed by atoms with van der Waals surface area (Å²) in [6.45, 7) is 2.05. The van der Waals surface area contributed by atoms with E-state index in [0.717, 1.165) is 21.6 Å². The van der Waals surface area contributed by atoms with Crippen LogP contribution in [0.1, 0.15) is 5.56 Å². The van der Waals surface area contributed by atoms with Gasteiger partial charge in [-0.25, -0.2) is 8.78 Å². The zero-order valence-corrected chi connectivity index (χ0v) is 7.90. The van der Waals surface area contributed by atoms with Crippen LogP contribution >= 0.6 is 0 Å². The van der Waals surface area contributed by atoms with E-state index < -0.39 is 0 Å². The summed E-state index contributed by atoms with van der Waals surface area (Å²) in [4.78, 5) is 0. The van der Waals surface area contributed by atoms with Gasteiger partial charge in [0.2, 0.25) is 0 Å². The Kier molecular flexibility index (Phi) is 3.41. The van der Waals surface area contributed by atoms with Crippen LogP contribution in [0.25, 0.3) is 0 Å². The maximum atomic E-state index is 12.9. The standard InChI is InChI=1S/C9H10F2Si/c1-12-5-4-7-6-8(10)2-3-9(7)11/h2-3,6H,4-5H2,1H3. The molecule has 0 saturated carbocycles. The summed E-state index contributed by atoms with van der Waals surface area (Å²) < 4.78 is 25.5. The van der Waals surface area contributed by atoms with Crippen molar-refractivity contribution < 1.29 is 8.78 Å². The third-order valence-corrected chi connectivity index (χ3v) is 2.40. The van der Waals surface area contributed by atoms with Crippen LogP contribution in [-0.4, -0.2) is 9.52 Å². The van der Waals surface area contributed by atoms with Crippen molar-refractivity contribution >= 4 is 9.52 Å². The van der Waals surface area contributed by atoms with Gasteiger partial charge in [0.15, 0.2) is 0 Å². The number of aryl methyl sites for hydroxylation is 1. The highest BCUT2D eigenvalue weighted by Gasteiger charge is 2.02. The highest BCUT2D eigenvalue weighted by Crippen LogP contribution is 2.11. The lowest BCUT2D eigenvalue weighted by Gasteiger charge is -2.00. The molecule has 0 nitrogen and oxygen atoms in total. The van der Waals surface area contributed by atoms with E-state index in [1.165, 1.54) is 12.1 Å². The molecule has 0 amide bonds. The van der Waals surface area contributed by atoms with Crippen LogP contribution in [0.15, 0.2) is 18.2 Å². The van der Waals surface area contributed by atoms with Gasteiger partial charge in [-0.05, 0) is 30.2 Å². The Balaban J connectivity index is 2.75. The van der Waals surface area contributed by atoms with Gasteiger partial charge in [0.05, 0.1) is 0 Å². The number of hydrogen-bond donors (Lipinski definition) is 0. The Morgan fingerprint density at radius 3 is 2.75 bits per heavy atom. The summed E-state index contributed by atoms with van der Waals surface area (Å²) in [5.41, 5.74) is 0.490. The fraction of sp³-hybridized carbons (Fsp3) is 0.333. The zero-order chi connectivity index (χ0) is 8.97. The molecule has 2 radical (unpaired) electrons. The Morgan fingerprint density at radius 1 is 1.33 bits per heavy atom. The molecular formula is C9H10F2Si. The summed E-state index contributed by atoms with van der Waals surface area (Å²) in [5.74, 6) is -0.652. The normalized spacial score (nSPS) is 10.2. The quantitative estimate of drug-likeness (QED) is 0.633. The number of rotatable bonds is 3. The molecule has 0 N–H and O–H groups in total. The Labute approximate surface area is 73.4 Å². The van der Waals surface area contributed by atoms with E-state index >= 15 is 0 Å². The lowest BCUT2D eigenvalue weighted by atomic mass is 10.1. The van der Waals surface area contributed by atoms with E-state index in [0.29, 0.717) is 12.0 Å². The van der Waals surface area contributed by atoms with Crippen LogP contribution in [0.5, 0.6) is 0 Å². The Hall–Kier alpha value is -0.703. The van der Waals surface area contributed by atoms with Crippen LogP contribution in [0.2, 0.25) is 12.6 Å². The topological polar surface area (TPSA) is 0 Å². The molecule has 1 aromatic carbocycles. The van der Waals surface area contributed by atoms with Crippen molar-refractivity contribution in [3.63, 3.8) is 0 Å². The molecule has 0 aliphatic carbocycles. The second-order valence-electron chi connectivity index (χ2n) is 2.59. The number of hydrogen-bond acceptors (Lipinski definition) is 0. The van der Waals surface area contributed by atoms with E-state index in [2.05, 4.69) is 6.55 Å². The van der Waals surface area contributed by atoms with Gasteiger partial charge < -0.3 is 0 Å². The van der Waals surface area contributed by atoms with Crippen LogP contribution in [-0.2, 0) is 6.42 Å². The van der Waals surface area contributed by atoms with Crippen molar-refractivity contribution in [3.05, 3.63) is 35.4 Å². The van der Waals surface area contributed by atoms with E-state index in [1.54, 1.807) is 0 Å². The molecular weight excluding hydrogens is 174 g/mol. The van der Waals surface area contributed by atoms with Crippen molar-refractivity contribution in [1.82, 2.24) is 0 Å². The van der Waals surface area contributed by atoms with Crippen LogP contribution < -0.4 is 0 Å². The molecule has 0 saturated heterocycles. The fourth-order valence-corrected chi connectivity index (χ4v) is 1.51. The molecule has 1 aromatic rings. The van der Waals surface area contributed by atoms with E-state index in [-0.39, 0.29) is 11.6 Å². The van der Waals surface area contributed by atoms with Crippen molar-refractivity contribution in [2.45, 2.75) is 19.0 Å². The molecule has 0 bridgehead atoms. The van der Waals surface area contributed by atoms with Crippen molar-refractivity contribution in [2.24, 2.45) is 0 Å². The van der Waals surface area contributed by atoms with Gasteiger partial charge in [0.25, 0.3) is 0 Å². The molecule has 0 heterocycles. The second kappa shape index (κ2) is 4.35. The fourth-order valence-electron chi connectivity index (χ4n) is 0.995. The largest absolute Gasteiger partial charge is 0.207 e. The lowest BCUT2D eigenvalue weighted by Crippen LogP contribution is -1.93. The molecule has 0 unspecified atom stereocenters. The number of benzene rings is 1. The molecule has 12 heavy (non-hydrogen) atoms. The summed E-state index contributed by atoms with van der Waals surface area (Å²) in [6.07, 6.45) is 0.637. The Morgan fingerprint density at radius 2 is 2.08 bits per heavy atom. The number of halogens is 2. The molecule has 0 atom stereocenters. The van der Waals surface area contributed by atoms with Crippen molar-refractivity contribution in [3.8, 4) is 0 Å². The SMILES string of the molecule is C[Si]CCc1cc(F)ccc1F. The molecule has 3 heteroatoms. The van der Waals surface area contributed by atoms with Gasteiger partial charge >= 0.3 is 0 Å². The van der Waals surface area contributed by atoms with Gasteiger partial charge in [-0.15, -0.1) is 0 Å². The Bertz CT molecular complexity index is 261. The first kappa shape index (κ1) is 9.39. The average molecular weight is 184 g/mol. The molecule has 64 valence electrons. The average Bonchev–Trinajstić information content (AvgIpc) is 2.07. The third-order valence-electron chi connectivity index (χ3n) is 1.65. The molecule has 0 aliphatic heterocycles. The van der Waals surface area contributed by atoms with Gasteiger partial charge in [-0.2, -0.15) is 0 Å². The highest BCUT2D eigenvalue weighted by molar-refractivity contribution is 6.33. The monoisotopic (exact) mass is 184 g/mol. The van der Waals surface area contributed by atoms with Crippen molar-refractivity contribution in [2.75, 3.05) is 0 Å². The molecule has 0 fully saturated rings. The van der Waals surface area contributed by atoms with Crippen molar-refractivity contribution in [1.29, 1.82) is 0 Å². The van der Waals surface area contributed by atoms with Crippen LogP contribution in [0.4, 0.5) is 8.78 Å². The minimum absolute atomic E-state index is 0.297. The maximum absolute atomic E-state index is 12.9. The van der Waals surface area contributed by atoms with E-state index in [4.69, 9.17) is 0 Å². The van der Waals surface area contributed by atoms with Crippen LogP contribution in [0.3, 0.4) is 0 Å². The van der Waals surface area contributed by atoms with Gasteiger partial charge in [-0.1, -0.05) is 12.6 Å². The van der Waals surface area contributed by atoms with E-state index in [9.17, 15) is 8.78 Å². The maximum Gasteiger partial charge on any atom is 0.126 e. The first-order valence-corrected chi connectivity index (χ1v) is 5.53. The predicted molar refractivity (Wildman–Crippen MR) is 46.5 cm³/mol. The lowest BCUT2D eigenvalue weighted by molar-refractivity contribution is 0.587. The summed E-state index contributed by atoms with van der Waals surface area (Å²) in [6, 6.07) is 4.53. The zero-order valence-electron chi connectivity index (χ0n) is 6.90. The first-order valence-electron chi connectivity index (χ1n) is 3.82. The molecule has 0 aromatic heterocycles. The summed E-state index contributed by atoms with van der Waals surface area (Å²) >= 11 is 0. The van der Waals surface area contributed by atoms with Gasteiger partial charge in [0.1, 0.15) is 11.6 Å². The molecule has 0 aliphatic rings. The molecule has 0 spiro atoms. The minimum Gasteiger partial charge on any atom is -0.207 e. The van der Waals surface area contributed by atoms with Gasteiger partial charge in [0, 0.05) is 9.52 Å². The van der Waals surface area contributed by atoms with E-state index in [1.807, 2.05) is 0 Å². The smallest absolute Gasteiger partial charge is 0.126 e. The first-order chi connectivity index (χ1) is 5.74. The highest BCUT2D eigenvalue weighted by atomic mass is 28.2. The second-order valence-corrected chi connectivity index (χ2v) is 3.80. The summed E-state index contributed by atoms with van der Waals surface area (Å²) in [5, 5.41) is 0. The minimum atomic E-state index is -0.356. The summed E-state index contributed by atoms with van der Waals surface area (Å²) in [7, 11) is 0.787.